The Morgan fingerprint density at radius 2 is 2.11 bits per heavy atom. The van der Waals surface area contributed by atoms with Gasteiger partial charge in [-0.05, 0) is 12.0 Å². The predicted molar refractivity (Wildman–Crippen MR) is 69.5 cm³/mol. The van der Waals surface area contributed by atoms with Crippen LogP contribution >= 0.6 is 0 Å². The number of carboxylic acids is 1. The minimum absolute atomic E-state index is 0.0860. The molecule has 0 spiro atoms. The lowest BCUT2D eigenvalue weighted by atomic mass is 10.0. The first-order chi connectivity index (χ1) is 8.86. The number of carbonyl (C=O) groups is 1. The van der Waals surface area contributed by atoms with Crippen LogP contribution in [0.5, 0.6) is 5.75 Å². The molecular weight excluding hydrogens is 252 g/mol. The highest BCUT2D eigenvalue weighted by molar-refractivity contribution is 5.78. The maximum absolute atomic E-state index is 11.1. The molecule has 2 N–H and O–H groups in total. The largest absolute Gasteiger partial charge is 0.490 e. The standard InChI is InChI=1S/C12H16N2O5/c1-7(2)11(12(15)16)13-8-4-5-9(14(17)18)10(6-8)19-3/h4-7,11,13H,1-3H3,(H,15,16)/t11-/m0/s1. The Labute approximate surface area is 110 Å². The summed E-state index contributed by atoms with van der Waals surface area (Å²) in [6.45, 7) is 3.54. The molecule has 0 aliphatic heterocycles. The zero-order valence-electron chi connectivity index (χ0n) is 10.9. The van der Waals surface area contributed by atoms with E-state index in [9.17, 15) is 14.9 Å². The fourth-order valence-corrected chi connectivity index (χ4v) is 1.61. The number of hydrogen-bond donors (Lipinski definition) is 2. The van der Waals surface area contributed by atoms with E-state index in [0.717, 1.165) is 0 Å². The third-order valence-corrected chi connectivity index (χ3v) is 2.63. The smallest absolute Gasteiger partial charge is 0.326 e. The molecule has 0 heterocycles. The van der Waals surface area contributed by atoms with E-state index >= 15 is 0 Å². The summed E-state index contributed by atoms with van der Waals surface area (Å²) in [5.74, 6) is -1.02. The monoisotopic (exact) mass is 268 g/mol. The van der Waals surface area contributed by atoms with Gasteiger partial charge in [-0.2, -0.15) is 0 Å². The van der Waals surface area contributed by atoms with E-state index in [-0.39, 0.29) is 17.4 Å². The summed E-state index contributed by atoms with van der Waals surface area (Å²) in [4.78, 5) is 21.3. The van der Waals surface area contributed by atoms with Crippen LogP contribution in [0.2, 0.25) is 0 Å². The number of methoxy groups -OCH3 is 1. The normalized spacial score (nSPS) is 12.0. The molecule has 1 aromatic carbocycles. The zero-order chi connectivity index (χ0) is 14.6. The van der Waals surface area contributed by atoms with E-state index in [4.69, 9.17) is 9.84 Å². The third-order valence-electron chi connectivity index (χ3n) is 2.63. The molecule has 0 radical (unpaired) electrons. The maximum atomic E-state index is 11.1. The molecule has 0 unspecified atom stereocenters. The lowest BCUT2D eigenvalue weighted by Crippen LogP contribution is -2.34. The van der Waals surface area contributed by atoms with Gasteiger partial charge in [-0.3, -0.25) is 10.1 Å². The van der Waals surface area contributed by atoms with Crippen molar-refractivity contribution < 1.29 is 19.6 Å². The van der Waals surface area contributed by atoms with Crippen molar-refractivity contribution in [1.82, 2.24) is 0 Å². The number of aliphatic carboxylic acids is 1. The van der Waals surface area contributed by atoms with Crippen molar-refractivity contribution in [1.29, 1.82) is 0 Å². The molecule has 1 atom stereocenters. The predicted octanol–water partition coefficient (Wildman–Crippen LogP) is 2.12. The molecule has 7 heteroatoms. The summed E-state index contributed by atoms with van der Waals surface area (Å²) in [6.07, 6.45) is 0. The van der Waals surface area contributed by atoms with Crippen molar-refractivity contribution in [2.45, 2.75) is 19.9 Å². The Morgan fingerprint density at radius 1 is 1.47 bits per heavy atom. The molecule has 0 aliphatic carbocycles. The topological polar surface area (TPSA) is 102 Å². The van der Waals surface area contributed by atoms with E-state index in [2.05, 4.69) is 5.32 Å². The molecule has 1 aromatic rings. The van der Waals surface area contributed by atoms with Crippen molar-refractivity contribution >= 4 is 17.3 Å². The summed E-state index contributed by atoms with van der Waals surface area (Å²) in [5, 5.41) is 22.6. The van der Waals surface area contributed by atoms with Crippen LogP contribution in [0, 0.1) is 16.0 Å². The molecule has 1 rings (SSSR count). The van der Waals surface area contributed by atoms with E-state index < -0.39 is 16.9 Å². The van der Waals surface area contributed by atoms with E-state index in [0.29, 0.717) is 5.69 Å². The second-order valence-electron chi connectivity index (χ2n) is 4.35. The van der Waals surface area contributed by atoms with Crippen LogP contribution in [0.3, 0.4) is 0 Å². The Morgan fingerprint density at radius 3 is 2.53 bits per heavy atom. The highest BCUT2D eigenvalue weighted by Crippen LogP contribution is 2.30. The number of nitro benzene ring substituents is 1. The van der Waals surface area contributed by atoms with Crippen LogP contribution in [0.15, 0.2) is 18.2 Å². The number of ether oxygens (including phenoxy) is 1. The van der Waals surface area contributed by atoms with Gasteiger partial charge in [0.25, 0.3) is 0 Å². The number of benzene rings is 1. The summed E-state index contributed by atoms with van der Waals surface area (Å²) in [6, 6.07) is 3.38. The number of nitrogens with zero attached hydrogens (tertiary/aromatic N) is 1. The van der Waals surface area contributed by atoms with E-state index in [1.54, 1.807) is 13.8 Å². The van der Waals surface area contributed by atoms with Crippen LogP contribution in [0.1, 0.15) is 13.8 Å². The molecule has 0 amide bonds. The molecule has 0 aliphatic rings. The van der Waals surface area contributed by atoms with Gasteiger partial charge >= 0.3 is 11.7 Å². The highest BCUT2D eigenvalue weighted by atomic mass is 16.6. The Bertz CT molecular complexity index is 487. The van der Waals surface area contributed by atoms with Gasteiger partial charge in [-0.1, -0.05) is 13.8 Å². The molecule has 0 bridgehead atoms. The average molecular weight is 268 g/mol. The molecule has 0 saturated carbocycles. The van der Waals surface area contributed by atoms with Gasteiger partial charge < -0.3 is 15.2 Å². The first-order valence-corrected chi connectivity index (χ1v) is 5.68. The molecule has 0 aromatic heterocycles. The van der Waals surface area contributed by atoms with Crippen LogP contribution in [0.25, 0.3) is 0 Å². The van der Waals surface area contributed by atoms with Crippen LogP contribution in [-0.2, 0) is 4.79 Å². The van der Waals surface area contributed by atoms with Crippen molar-refractivity contribution in [3.63, 3.8) is 0 Å². The molecule has 104 valence electrons. The van der Waals surface area contributed by atoms with Gasteiger partial charge in [0, 0.05) is 17.8 Å². The molecule has 7 nitrogen and oxygen atoms in total. The average Bonchev–Trinajstić information content (AvgIpc) is 2.34. The van der Waals surface area contributed by atoms with Gasteiger partial charge in [0.2, 0.25) is 0 Å². The van der Waals surface area contributed by atoms with Crippen LogP contribution in [0.4, 0.5) is 11.4 Å². The quantitative estimate of drug-likeness (QED) is 0.605. The van der Waals surface area contributed by atoms with Crippen LogP contribution < -0.4 is 10.1 Å². The van der Waals surface area contributed by atoms with E-state index in [1.807, 2.05) is 0 Å². The van der Waals surface area contributed by atoms with Gasteiger partial charge in [0.1, 0.15) is 6.04 Å². The van der Waals surface area contributed by atoms with Crippen molar-refractivity contribution in [2.24, 2.45) is 5.92 Å². The number of hydrogen-bond acceptors (Lipinski definition) is 5. The number of nitro groups is 1. The minimum atomic E-state index is -0.979. The first kappa shape index (κ1) is 14.7. The lowest BCUT2D eigenvalue weighted by Gasteiger charge is -2.19. The Balaban J connectivity index is 3.03. The fourth-order valence-electron chi connectivity index (χ4n) is 1.61. The van der Waals surface area contributed by atoms with Crippen LogP contribution in [-0.4, -0.2) is 29.2 Å². The second-order valence-corrected chi connectivity index (χ2v) is 4.35. The van der Waals surface area contributed by atoms with Crippen molar-refractivity contribution in [3.05, 3.63) is 28.3 Å². The SMILES string of the molecule is COc1cc(N[C@H](C(=O)O)C(C)C)ccc1[N+](=O)[O-]. The molecule has 19 heavy (non-hydrogen) atoms. The highest BCUT2D eigenvalue weighted by Gasteiger charge is 2.22. The summed E-state index contributed by atoms with van der Waals surface area (Å²) in [5.41, 5.74) is 0.299. The Kier molecular flexibility index (Phi) is 4.68. The molecule has 0 saturated heterocycles. The van der Waals surface area contributed by atoms with Gasteiger partial charge in [0.15, 0.2) is 5.75 Å². The number of anilines is 1. The second kappa shape index (κ2) is 6.03. The van der Waals surface area contributed by atoms with Gasteiger partial charge in [0.05, 0.1) is 12.0 Å². The lowest BCUT2D eigenvalue weighted by molar-refractivity contribution is -0.385. The molecule has 0 fully saturated rings. The minimum Gasteiger partial charge on any atom is -0.490 e. The summed E-state index contributed by atoms with van der Waals surface area (Å²) in [7, 11) is 1.32. The maximum Gasteiger partial charge on any atom is 0.326 e. The third kappa shape index (κ3) is 3.57. The summed E-state index contributed by atoms with van der Waals surface area (Å²) < 4.78 is 4.92. The number of rotatable bonds is 6. The number of nitrogens with one attached hydrogen (secondary N) is 1. The Hall–Kier alpha value is -2.31. The zero-order valence-corrected chi connectivity index (χ0v) is 10.9. The van der Waals surface area contributed by atoms with Crippen molar-refractivity contribution in [2.75, 3.05) is 12.4 Å². The van der Waals surface area contributed by atoms with Crippen molar-refractivity contribution in [3.8, 4) is 5.75 Å². The van der Waals surface area contributed by atoms with Gasteiger partial charge in [-0.25, -0.2) is 4.79 Å². The van der Waals surface area contributed by atoms with E-state index in [1.165, 1.54) is 25.3 Å². The first-order valence-electron chi connectivity index (χ1n) is 5.68. The number of carboxylic acid groups (broad SMARTS) is 1. The van der Waals surface area contributed by atoms with Gasteiger partial charge in [-0.15, -0.1) is 0 Å². The summed E-state index contributed by atoms with van der Waals surface area (Å²) >= 11 is 0. The molecular formula is C12H16N2O5. The fraction of sp³-hybridized carbons (Fsp3) is 0.417.